The molecule has 248 valence electrons. The first-order chi connectivity index (χ1) is 21.9. The van der Waals surface area contributed by atoms with Crippen LogP contribution < -0.4 is 11.1 Å². The maximum absolute atomic E-state index is 13.8. The number of nitrogens with one attached hydrogen (secondary N) is 1. The Kier molecular flexibility index (Phi) is 13.2. The van der Waals surface area contributed by atoms with Crippen molar-refractivity contribution in [3.63, 3.8) is 0 Å². The van der Waals surface area contributed by atoms with Crippen molar-refractivity contribution < 1.29 is 43.2 Å². The van der Waals surface area contributed by atoms with Crippen LogP contribution in [0.15, 0.2) is 88.9 Å². The Balaban J connectivity index is 2.06. The van der Waals surface area contributed by atoms with Gasteiger partial charge in [0.1, 0.15) is 12.7 Å². The molecule has 1 aromatic carbocycles. The molecule has 11 nitrogen and oxygen atoms in total. The molecule has 0 saturated heterocycles. The van der Waals surface area contributed by atoms with E-state index >= 15 is 0 Å². The molecule has 0 radical (unpaired) electrons. The molecule has 1 aromatic rings. The standard InChI is InChI=1S/C35H44N2O9/c1-20-15-25-31(40)26(18-27(38)33(25)45-19-24-12-8-7-9-13-24)37-34(41)21(2)11-10-14-28(43-5)32(46-35(36)42)23(4)17-22(3)30(39)29(16-20)44-6/h7-14,17-18,20,22,28-30,32,39H,15-16,19H2,1-6H3,(H2,36,42)(H,37,41)/b14-10-,21-11+,23-17+/t20-,22+,28+,29+,30-,32+/m1/s1. The molecule has 0 spiro atoms. The van der Waals surface area contributed by atoms with E-state index in [4.69, 9.17) is 24.7 Å². The zero-order chi connectivity index (χ0) is 34.0. The van der Waals surface area contributed by atoms with Crippen LogP contribution in [0.4, 0.5) is 4.79 Å². The summed E-state index contributed by atoms with van der Waals surface area (Å²) < 4.78 is 22.6. The summed E-state index contributed by atoms with van der Waals surface area (Å²) in [5, 5.41) is 13.9. The molecule has 0 saturated carbocycles. The zero-order valence-electron chi connectivity index (χ0n) is 27.1. The summed E-state index contributed by atoms with van der Waals surface area (Å²) in [6.45, 7) is 7.03. The van der Waals surface area contributed by atoms with Gasteiger partial charge in [-0.15, -0.1) is 0 Å². The van der Waals surface area contributed by atoms with Crippen molar-refractivity contribution in [1.29, 1.82) is 0 Å². The van der Waals surface area contributed by atoms with E-state index in [0.717, 1.165) is 11.6 Å². The summed E-state index contributed by atoms with van der Waals surface area (Å²) in [6.07, 6.45) is 3.55. The Labute approximate surface area is 269 Å². The molecule has 0 unspecified atom stereocenters. The lowest BCUT2D eigenvalue weighted by atomic mass is 9.85. The van der Waals surface area contributed by atoms with E-state index in [1.54, 1.807) is 39.0 Å². The number of Topliss-reactive ketones (excluding diaryl/α,β-unsaturated/α-hetero) is 1. The van der Waals surface area contributed by atoms with E-state index in [0.29, 0.717) is 12.0 Å². The van der Waals surface area contributed by atoms with Gasteiger partial charge in [0.2, 0.25) is 11.6 Å². The summed E-state index contributed by atoms with van der Waals surface area (Å²) in [4.78, 5) is 52.0. The maximum atomic E-state index is 13.8. The first-order valence-electron chi connectivity index (χ1n) is 15.1. The second-order valence-electron chi connectivity index (χ2n) is 11.7. The molecule has 46 heavy (non-hydrogen) atoms. The second kappa shape index (κ2) is 16.8. The van der Waals surface area contributed by atoms with Gasteiger partial charge >= 0.3 is 6.09 Å². The van der Waals surface area contributed by atoms with Crippen molar-refractivity contribution in [1.82, 2.24) is 5.32 Å². The Morgan fingerprint density at radius 3 is 2.39 bits per heavy atom. The SMILES string of the molecule is CO[C@H]1/C=C\C=C(/C)C(=O)NC2=CC(=O)C(OCc3ccccc3)=C(C[C@@H](C)C[C@H](OC)[C@H](O)[C@@H](C)/C=C(\C)[C@@H]1OC(N)=O)C2=O. The minimum atomic E-state index is -1.01. The molecule has 1 aliphatic carbocycles. The Bertz CT molecular complexity index is 1440. The van der Waals surface area contributed by atoms with Gasteiger partial charge in [-0.1, -0.05) is 68.5 Å². The van der Waals surface area contributed by atoms with Crippen LogP contribution in [-0.2, 0) is 39.9 Å². The van der Waals surface area contributed by atoms with Crippen molar-refractivity contribution in [2.45, 2.75) is 71.6 Å². The monoisotopic (exact) mass is 636 g/mol. The number of carbonyl (C=O) groups is 4. The Morgan fingerprint density at radius 2 is 1.76 bits per heavy atom. The Morgan fingerprint density at radius 1 is 1.07 bits per heavy atom. The first kappa shape index (κ1) is 36.2. The predicted molar refractivity (Wildman–Crippen MR) is 171 cm³/mol. The molecule has 4 N–H and O–H groups in total. The van der Waals surface area contributed by atoms with Crippen LogP contribution in [0.3, 0.4) is 0 Å². The smallest absolute Gasteiger partial charge is 0.405 e. The highest BCUT2D eigenvalue weighted by Crippen LogP contribution is 2.30. The number of nitrogens with two attached hydrogens (primary N) is 1. The number of hydrogen-bond donors (Lipinski definition) is 3. The van der Waals surface area contributed by atoms with Crippen LogP contribution in [-0.4, -0.2) is 67.3 Å². The largest absolute Gasteiger partial charge is 0.484 e. The average molecular weight is 637 g/mol. The van der Waals surface area contributed by atoms with E-state index in [1.165, 1.54) is 20.3 Å². The van der Waals surface area contributed by atoms with Crippen molar-refractivity contribution in [3.05, 3.63) is 94.5 Å². The van der Waals surface area contributed by atoms with Gasteiger partial charge in [0.05, 0.1) is 17.9 Å². The van der Waals surface area contributed by atoms with Crippen molar-refractivity contribution in [2.24, 2.45) is 17.6 Å². The highest BCUT2D eigenvalue weighted by atomic mass is 16.6. The fraction of sp³-hybridized carbons (Fsp3) is 0.429. The van der Waals surface area contributed by atoms with E-state index < -0.39 is 53.9 Å². The van der Waals surface area contributed by atoms with Gasteiger partial charge in [0.15, 0.2) is 11.9 Å². The highest BCUT2D eigenvalue weighted by molar-refractivity contribution is 6.23. The molecule has 1 aliphatic heterocycles. The highest BCUT2D eigenvalue weighted by Gasteiger charge is 2.34. The summed E-state index contributed by atoms with van der Waals surface area (Å²) in [6, 6.07) is 9.24. The molecule has 2 bridgehead atoms. The summed E-state index contributed by atoms with van der Waals surface area (Å²) in [7, 11) is 2.92. The molecule has 6 atom stereocenters. The molecule has 11 heteroatoms. The number of amides is 2. The fourth-order valence-electron chi connectivity index (χ4n) is 5.45. The maximum Gasteiger partial charge on any atom is 0.405 e. The van der Waals surface area contributed by atoms with Crippen LogP contribution in [0.1, 0.15) is 46.1 Å². The molecular formula is C35H44N2O9. The minimum Gasteiger partial charge on any atom is -0.484 e. The third-order valence-corrected chi connectivity index (χ3v) is 7.97. The van der Waals surface area contributed by atoms with Gasteiger partial charge in [0.25, 0.3) is 5.91 Å². The normalized spacial score (nSPS) is 29.9. The first-order valence-corrected chi connectivity index (χ1v) is 15.1. The van der Waals surface area contributed by atoms with Gasteiger partial charge in [-0.2, -0.15) is 0 Å². The van der Waals surface area contributed by atoms with Crippen LogP contribution >= 0.6 is 0 Å². The number of hydrogen-bond acceptors (Lipinski definition) is 9. The minimum absolute atomic E-state index is 0.0718. The number of aliphatic hydroxyl groups is 1. The molecular weight excluding hydrogens is 592 g/mol. The number of carbonyl (C=O) groups excluding carboxylic acids is 4. The van der Waals surface area contributed by atoms with Crippen molar-refractivity contribution in [3.8, 4) is 0 Å². The predicted octanol–water partition coefficient (Wildman–Crippen LogP) is 3.98. The quantitative estimate of drug-likeness (QED) is 0.310. The van der Waals surface area contributed by atoms with Gasteiger partial charge in [-0.3, -0.25) is 14.4 Å². The van der Waals surface area contributed by atoms with E-state index in [2.05, 4.69) is 5.32 Å². The molecule has 3 rings (SSSR count). The number of allylic oxidation sites excluding steroid dienone is 4. The zero-order valence-corrected chi connectivity index (χ0v) is 27.1. The number of rotatable bonds is 6. The van der Waals surface area contributed by atoms with Crippen LogP contribution in [0, 0.1) is 11.8 Å². The van der Waals surface area contributed by atoms with Gasteiger partial charge < -0.3 is 35.1 Å². The topological polar surface area (TPSA) is 163 Å². The van der Waals surface area contributed by atoms with Crippen LogP contribution in [0.25, 0.3) is 0 Å². The van der Waals surface area contributed by atoms with Gasteiger partial charge in [0, 0.05) is 37.4 Å². The number of methoxy groups -OCH3 is 2. The van der Waals surface area contributed by atoms with Crippen molar-refractivity contribution >= 4 is 23.6 Å². The number of ether oxygens (including phenoxy) is 4. The molecule has 1 heterocycles. The summed E-state index contributed by atoms with van der Waals surface area (Å²) in [5.74, 6) is -2.46. The summed E-state index contributed by atoms with van der Waals surface area (Å²) in [5.41, 5.74) is 6.95. The number of primary amides is 1. The molecule has 0 aromatic heterocycles. The average Bonchev–Trinajstić information content (AvgIpc) is 3.02. The lowest BCUT2D eigenvalue weighted by Crippen LogP contribution is -2.37. The third kappa shape index (κ3) is 9.59. The van der Waals surface area contributed by atoms with E-state index in [-0.39, 0.29) is 41.5 Å². The molecule has 2 aliphatic rings. The van der Waals surface area contributed by atoms with E-state index in [1.807, 2.05) is 37.3 Å². The number of ketones is 2. The van der Waals surface area contributed by atoms with E-state index in [9.17, 15) is 24.3 Å². The second-order valence-corrected chi connectivity index (χ2v) is 11.7. The van der Waals surface area contributed by atoms with Gasteiger partial charge in [-0.05, 0) is 43.7 Å². The van der Waals surface area contributed by atoms with Crippen LogP contribution in [0.2, 0.25) is 0 Å². The number of fused-ring (bicyclic) bond motifs is 2. The van der Waals surface area contributed by atoms with Crippen molar-refractivity contribution in [2.75, 3.05) is 14.2 Å². The van der Waals surface area contributed by atoms with Gasteiger partial charge in [-0.25, -0.2) is 4.79 Å². The third-order valence-electron chi connectivity index (χ3n) is 7.97. The molecule has 0 fully saturated rings. The lowest BCUT2D eigenvalue weighted by molar-refractivity contribution is -0.121. The molecule has 2 amide bonds. The number of aliphatic hydroxyl groups excluding tert-OH is 1. The fourth-order valence-corrected chi connectivity index (χ4v) is 5.45. The summed E-state index contributed by atoms with van der Waals surface area (Å²) >= 11 is 0. The lowest BCUT2D eigenvalue weighted by Gasteiger charge is -2.30. The van der Waals surface area contributed by atoms with Crippen LogP contribution in [0.5, 0.6) is 0 Å². The number of benzene rings is 1. The Hall–Kier alpha value is -4.32.